The van der Waals surface area contributed by atoms with Gasteiger partial charge in [0.1, 0.15) is 25.6 Å². The maximum absolute atomic E-state index is 13.5. The maximum atomic E-state index is 13.5. The monoisotopic (exact) mass is 581 g/mol. The largest absolute Gasteiger partial charge is 0.507 e. The molecule has 0 radical (unpaired) electrons. The zero-order chi connectivity index (χ0) is 29.8. The van der Waals surface area contributed by atoms with Gasteiger partial charge in [-0.3, -0.25) is 9.59 Å². The van der Waals surface area contributed by atoms with E-state index >= 15 is 0 Å². The summed E-state index contributed by atoms with van der Waals surface area (Å²) in [6.07, 6.45) is 5.80. The van der Waals surface area contributed by atoms with Gasteiger partial charge in [0.05, 0.1) is 25.1 Å². The molecule has 1 saturated heterocycles. The fourth-order valence-electron chi connectivity index (χ4n) is 5.35. The normalized spacial score (nSPS) is 17.2. The Bertz CT molecular complexity index is 1650. The van der Waals surface area contributed by atoms with Crippen LogP contribution in [0, 0.1) is 0 Å². The van der Waals surface area contributed by atoms with Crippen molar-refractivity contribution in [3.05, 3.63) is 108 Å². The summed E-state index contributed by atoms with van der Waals surface area (Å²) in [7, 11) is 1.53. The minimum Gasteiger partial charge on any atom is -0.507 e. The maximum Gasteiger partial charge on any atom is 0.295 e. The fraction of sp³-hybridized carbons (Fsp3) is 0.242. The van der Waals surface area contributed by atoms with Crippen molar-refractivity contribution in [2.45, 2.75) is 25.6 Å². The number of aromatic nitrogens is 2. The van der Waals surface area contributed by atoms with Crippen molar-refractivity contribution < 1.29 is 33.6 Å². The summed E-state index contributed by atoms with van der Waals surface area (Å²) in [4.78, 5) is 32.6. The van der Waals surface area contributed by atoms with Gasteiger partial charge in [0.15, 0.2) is 23.0 Å². The Morgan fingerprint density at radius 2 is 1.79 bits per heavy atom. The number of hydrogen-bond acceptors (Lipinski definition) is 8. The topological polar surface area (TPSA) is 112 Å². The van der Waals surface area contributed by atoms with Gasteiger partial charge < -0.3 is 33.5 Å². The second kappa shape index (κ2) is 12.3. The molecule has 1 amide bonds. The van der Waals surface area contributed by atoms with Crippen molar-refractivity contribution in [3.63, 3.8) is 0 Å². The number of likely N-dealkylation sites (tertiary alicyclic amines) is 1. The Balaban J connectivity index is 1.36. The molecule has 1 atom stereocenters. The number of carbonyl (C=O) groups excluding carboxylic acids is 2. The Labute approximate surface area is 248 Å². The van der Waals surface area contributed by atoms with E-state index in [9.17, 15) is 14.7 Å². The zero-order valence-corrected chi connectivity index (χ0v) is 23.6. The third-order valence-corrected chi connectivity index (χ3v) is 7.47. The standard InChI is InChI=1S/C33H31N3O7/c1-40-27-18-23(8-10-25(27)43-20-22-6-3-2-4-7-22)30-29(31(37)24-9-11-26-28(19-24)42-17-16-41-26)32(38)33(39)36(30)14-5-13-35-15-12-34-21-35/h2-4,6-12,15,18-19,21,30,37H,5,13-14,16-17,20H2,1H3/t30-/m1/s1. The number of Topliss-reactive ketones (excluding diaryl/α,β-unsaturated/α-hetero) is 1. The summed E-state index contributed by atoms with van der Waals surface area (Å²) in [6, 6.07) is 19.1. The molecular weight excluding hydrogens is 550 g/mol. The average Bonchev–Trinajstić information content (AvgIpc) is 3.66. The molecule has 10 heteroatoms. The molecule has 1 fully saturated rings. The molecule has 2 aliphatic heterocycles. The van der Waals surface area contributed by atoms with Gasteiger partial charge in [0, 0.05) is 31.0 Å². The van der Waals surface area contributed by atoms with Gasteiger partial charge in [-0.05, 0) is 47.9 Å². The molecule has 3 aromatic carbocycles. The first-order chi connectivity index (χ1) is 21.0. The lowest BCUT2D eigenvalue weighted by Gasteiger charge is -2.26. The summed E-state index contributed by atoms with van der Waals surface area (Å²) >= 11 is 0. The van der Waals surface area contributed by atoms with Crippen molar-refractivity contribution in [3.8, 4) is 23.0 Å². The number of rotatable bonds is 10. The Morgan fingerprint density at radius 1 is 0.977 bits per heavy atom. The van der Waals surface area contributed by atoms with Gasteiger partial charge in [-0.15, -0.1) is 0 Å². The molecular formula is C33H31N3O7. The van der Waals surface area contributed by atoms with Crippen molar-refractivity contribution in [2.75, 3.05) is 26.9 Å². The van der Waals surface area contributed by atoms with Crippen LogP contribution >= 0.6 is 0 Å². The molecule has 43 heavy (non-hydrogen) atoms. The van der Waals surface area contributed by atoms with Crippen molar-refractivity contribution in [1.29, 1.82) is 0 Å². The Morgan fingerprint density at radius 3 is 2.56 bits per heavy atom. The van der Waals surface area contributed by atoms with Crippen molar-refractivity contribution >= 4 is 17.4 Å². The Kier molecular flexibility index (Phi) is 7.99. The van der Waals surface area contributed by atoms with Crippen LogP contribution in [0.4, 0.5) is 0 Å². The number of nitrogens with zero attached hydrogens (tertiary/aromatic N) is 3. The van der Waals surface area contributed by atoms with Crippen LogP contribution in [0.5, 0.6) is 23.0 Å². The molecule has 4 aromatic rings. The molecule has 0 unspecified atom stereocenters. The number of imidazole rings is 1. The Hall–Kier alpha value is -5.25. The zero-order valence-electron chi connectivity index (χ0n) is 23.6. The van der Waals surface area contributed by atoms with E-state index in [0.29, 0.717) is 66.9 Å². The average molecular weight is 582 g/mol. The van der Waals surface area contributed by atoms with E-state index in [1.165, 1.54) is 12.0 Å². The van der Waals surface area contributed by atoms with Gasteiger partial charge in [0.2, 0.25) is 0 Å². The second-order valence-electron chi connectivity index (χ2n) is 10.2. The molecule has 0 saturated carbocycles. The lowest BCUT2D eigenvalue weighted by Crippen LogP contribution is -2.31. The van der Waals surface area contributed by atoms with E-state index in [1.54, 1.807) is 48.9 Å². The first-order valence-electron chi connectivity index (χ1n) is 14.0. The predicted molar refractivity (Wildman–Crippen MR) is 157 cm³/mol. The number of amides is 1. The van der Waals surface area contributed by atoms with Gasteiger partial charge in [0.25, 0.3) is 11.7 Å². The minimum atomic E-state index is -0.854. The van der Waals surface area contributed by atoms with Crippen LogP contribution in [0.1, 0.15) is 29.2 Å². The number of ether oxygens (including phenoxy) is 4. The van der Waals surface area contributed by atoms with Crippen molar-refractivity contribution in [1.82, 2.24) is 14.5 Å². The summed E-state index contributed by atoms with van der Waals surface area (Å²) in [5.41, 5.74) is 1.94. The highest BCUT2D eigenvalue weighted by Crippen LogP contribution is 2.43. The summed E-state index contributed by atoms with van der Waals surface area (Å²) in [5, 5.41) is 11.5. The lowest BCUT2D eigenvalue weighted by molar-refractivity contribution is -0.139. The van der Waals surface area contributed by atoms with Crippen LogP contribution < -0.4 is 18.9 Å². The van der Waals surface area contributed by atoms with Crippen molar-refractivity contribution in [2.24, 2.45) is 0 Å². The highest BCUT2D eigenvalue weighted by atomic mass is 16.6. The van der Waals surface area contributed by atoms with E-state index in [1.807, 2.05) is 41.1 Å². The molecule has 0 aliphatic carbocycles. The number of fused-ring (bicyclic) bond motifs is 1. The number of ketones is 1. The van der Waals surface area contributed by atoms with E-state index in [4.69, 9.17) is 18.9 Å². The minimum absolute atomic E-state index is 0.00989. The molecule has 220 valence electrons. The van der Waals surface area contributed by atoms with Crippen LogP contribution in [-0.2, 0) is 22.7 Å². The number of aliphatic hydroxyl groups excluding tert-OH is 1. The van der Waals surface area contributed by atoms with E-state index in [-0.39, 0.29) is 17.9 Å². The van der Waals surface area contributed by atoms with Gasteiger partial charge in [-0.25, -0.2) is 4.98 Å². The first kappa shape index (κ1) is 27.9. The van der Waals surface area contributed by atoms with Crippen LogP contribution in [-0.4, -0.2) is 58.1 Å². The number of aliphatic hydroxyl groups is 1. The SMILES string of the molecule is COc1cc([C@@H]2C(=C(O)c3ccc4c(c3)OCCO4)C(=O)C(=O)N2CCCn2ccnc2)ccc1OCc1ccccc1. The fourth-order valence-corrected chi connectivity index (χ4v) is 5.35. The van der Waals surface area contributed by atoms with Crippen LogP contribution in [0.3, 0.4) is 0 Å². The van der Waals surface area contributed by atoms with E-state index in [2.05, 4.69) is 4.98 Å². The lowest BCUT2D eigenvalue weighted by atomic mass is 9.94. The second-order valence-corrected chi connectivity index (χ2v) is 10.2. The van der Waals surface area contributed by atoms with Gasteiger partial charge in [-0.1, -0.05) is 36.4 Å². The molecule has 3 heterocycles. The molecule has 0 bridgehead atoms. The molecule has 1 N–H and O–H groups in total. The molecule has 6 rings (SSSR count). The van der Waals surface area contributed by atoms with Gasteiger partial charge in [-0.2, -0.15) is 0 Å². The summed E-state index contributed by atoms with van der Waals surface area (Å²) in [5.74, 6) is 0.233. The van der Waals surface area contributed by atoms with Crippen LogP contribution in [0.15, 0.2) is 91.0 Å². The third-order valence-electron chi connectivity index (χ3n) is 7.47. The smallest absolute Gasteiger partial charge is 0.295 e. The van der Waals surface area contributed by atoms with Gasteiger partial charge >= 0.3 is 0 Å². The molecule has 2 aliphatic rings. The van der Waals surface area contributed by atoms with E-state index in [0.717, 1.165) is 5.56 Å². The number of benzene rings is 3. The predicted octanol–water partition coefficient (Wildman–Crippen LogP) is 4.75. The number of aryl methyl sites for hydroxylation is 1. The first-order valence-corrected chi connectivity index (χ1v) is 14.0. The highest BCUT2D eigenvalue weighted by Gasteiger charge is 2.46. The number of methoxy groups -OCH3 is 1. The van der Waals surface area contributed by atoms with E-state index < -0.39 is 17.7 Å². The summed E-state index contributed by atoms with van der Waals surface area (Å²) in [6.45, 7) is 2.02. The number of hydrogen-bond donors (Lipinski definition) is 1. The molecule has 0 spiro atoms. The third kappa shape index (κ3) is 5.76. The molecule has 10 nitrogen and oxygen atoms in total. The highest BCUT2D eigenvalue weighted by molar-refractivity contribution is 6.46. The quantitative estimate of drug-likeness (QED) is 0.162. The number of carbonyl (C=O) groups is 2. The van der Waals surface area contributed by atoms with Crippen LogP contribution in [0.2, 0.25) is 0 Å². The van der Waals surface area contributed by atoms with Crippen LogP contribution in [0.25, 0.3) is 5.76 Å². The molecule has 1 aromatic heterocycles. The summed E-state index contributed by atoms with van der Waals surface area (Å²) < 4.78 is 24.9.